The van der Waals surface area contributed by atoms with Gasteiger partial charge in [-0.25, -0.2) is 0 Å². The fraction of sp³-hybridized carbons (Fsp3) is 0.667. The van der Waals surface area contributed by atoms with Crippen LogP contribution in [0.1, 0.15) is 97.5 Å². The first kappa shape index (κ1) is 41.3. The number of unbranched alkanes of at least 4 members (excludes halogenated alkanes) is 6. The second-order valence-electron chi connectivity index (χ2n) is 12.2. The van der Waals surface area contributed by atoms with Gasteiger partial charge in [0, 0.05) is 19.3 Å². The minimum atomic E-state index is -5.09. The van der Waals surface area contributed by atoms with Crippen molar-refractivity contribution in [3.05, 3.63) is 35.9 Å². The molecule has 0 heterocycles. The molecule has 266 valence electrons. The summed E-state index contributed by atoms with van der Waals surface area (Å²) in [4.78, 5) is 63.4. The van der Waals surface area contributed by atoms with Crippen LogP contribution in [0.25, 0.3) is 0 Å². The Morgan fingerprint density at radius 3 is 1.94 bits per heavy atom. The van der Waals surface area contributed by atoms with E-state index in [-0.39, 0.29) is 24.7 Å². The molecular weight excluding hydrogens is 619 g/mol. The molecule has 0 saturated carbocycles. The second kappa shape index (κ2) is 21.2. The number of hydrogen-bond donors (Lipinski definition) is 6. The number of benzene rings is 1. The molecule has 0 radical (unpaired) electrons. The molecule has 0 aliphatic carbocycles. The van der Waals surface area contributed by atoms with Crippen molar-refractivity contribution in [2.75, 3.05) is 0 Å². The van der Waals surface area contributed by atoms with Crippen molar-refractivity contribution < 1.29 is 42.3 Å². The molecule has 47 heavy (non-hydrogen) atoms. The van der Waals surface area contributed by atoms with Gasteiger partial charge in [0.15, 0.2) is 6.10 Å². The number of nitrogens with two attached hydrogens (primary N) is 1. The zero-order chi connectivity index (χ0) is 35.6. The summed E-state index contributed by atoms with van der Waals surface area (Å²) in [6.45, 7) is 6.87. The maximum absolute atomic E-state index is 13.4. The van der Waals surface area contributed by atoms with Crippen LogP contribution in [0.5, 0.6) is 0 Å². The number of aliphatic hydroxyl groups is 1. The fourth-order valence-electron chi connectivity index (χ4n) is 4.87. The van der Waals surface area contributed by atoms with Crippen molar-refractivity contribution in [3.63, 3.8) is 0 Å². The lowest BCUT2D eigenvalue weighted by Gasteiger charge is -2.28. The maximum Gasteiger partial charge on any atom is 0.416 e. The van der Waals surface area contributed by atoms with E-state index in [1.807, 2.05) is 5.32 Å². The van der Waals surface area contributed by atoms with Gasteiger partial charge in [0.25, 0.3) is 0 Å². The van der Waals surface area contributed by atoms with Crippen molar-refractivity contribution in [1.29, 1.82) is 0 Å². The highest BCUT2D eigenvalue weighted by molar-refractivity contribution is 5.94. The molecule has 1 aromatic rings. The summed E-state index contributed by atoms with van der Waals surface area (Å²) < 4.78 is 39.6. The first-order chi connectivity index (χ1) is 22.1. The molecule has 7 N–H and O–H groups in total. The third kappa shape index (κ3) is 16.6. The molecule has 1 unspecified atom stereocenters. The monoisotopic (exact) mass is 671 g/mol. The lowest BCUT2D eigenvalue weighted by atomic mass is 10.00. The molecular formula is C33H52F3N5O6. The molecule has 14 heteroatoms. The molecule has 5 amide bonds. The predicted molar refractivity (Wildman–Crippen MR) is 171 cm³/mol. The normalized spacial score (nSPS) is 14.7. The van der Waals surface area contributed by atoms with Crippen LogP contribution in [-0.4, -0.2) is 71.1 Å². The number of hydrogen-bond acceptors (Lipinski definition) is 6. The van der Waals surface area contributed by atoms with Crippen molar-refractivity contribution in [2.45, 2.75) is 135 Å². The molecule has 0 bridgehead atoms. The number of carbonyl (C=O) groups is 5. The number of amides is 5. The summed E-state index contributed by atoms with van der Waals surface area (Å²) >= 11 is 0. The third-order valence-electron chi connectivity index (χ3n) is 7.69. The summed E-state index contributed by atoms with van der Waals surface area (Å²) in [5, 5.41) is 19.6. The van der Waals surface area contributed by atoms with Crippen LogP contribution in [-0.2, 0) is 30.4 Å². The highest BCUT2D eigenvalue weighted by Crippen LogP contribution is 2.24. The lowest BCUT2D eigenvalue weighted by molar-refractivity contribution is -0.212. The first-order valence-electron chi connectivity index (χ1n) is 16.3. The molecule has 1 rings (SSSR count). The number of primary amides is 1. The van der Waals surface area contributed by atoms with Crippen LogP contribution in [0.15, 0.2) is 30.3 Å². The van der Waals surface area contributed by atoms with Crippen molar-refractivity contribution >= 4 is 29.5 Å². The summed E-state index contributed by atoms with van der Waals surface area (Å²) in [5.74, 6) is -4.00. The van der Waals surface area contributed by atoms with E-state index >= 15 is 0 Å². The fourth-order valence-corrected chi connectivity index (χ4v) is 4.87. The van der Waals surface area contributed by atoms with Gasteiger partial charge in [-0.1, -0.05) is 89.6 Å². The largest absolute Gasteiger partial charge is 0.416 e. The van der Waals surface area contributed by atoms with Crippen LogP contribution >= 0.6 is 0 Å². The van der Waals surface area contributed by atoms with E-state index in [0.717, 1.165) is 32.1 Å². The average Bonchev–Trinajstić information content (AvgIpc) is 3.00. The number of halogens is 3. The molecule has 0 aliphatic rings. The maximum atomic E-state index is 13.4. The second-order valence-corrected chi connectivity index (χ2v) is 12.2. The Hall–Kier alpha value is -3.68. The number of rotatable bonds is 22. The van der Waals surface area contributed by atoms with Crippen LogP contribution in [0.2, 0.25) is 0 Å². The molecule has 0 spiro atoms. The lowest BCUT2D eigenvalue weighted by Crippen LogP contribution is -2.59. The quantitative estimate of drug-likeness (QED) is 0.103. The smallest absolute Gasteiger partial charge is 0.382 e. The minimum Gasteiger partial charge on any atom is -0.382 e. The third-order valence-corrected chi connectivity index (χ3v) is 7.69. The van der Waals surface area contributed by atoms with Crippen LogP contribution in [0.3, 0.4) is 0 Å². The van der Waals surface area contributed by atoms with Crippen molar-refractivity contribution in [3.8, 4) is 0 Å². The van der Waals surface area contributed by atoms with Crippen molar-refractivity contribution in [1.82, 2.24) is 21.3 Å². The van der Waals surface area contributed by atoms with Gasteiger partial charge in [-0.05, 0) is 31.2 Å². The van der Waals surface area contributed by atoms with Gasteiger partial charge in [0.05, 0.1) is 6.04 Å². The van der Waals surface area contributed by atoms with Gasteiger partial charge >= 0.3 is 6.18 Å². The summed E-state index contributed by atoms with van der Waals surface area (Å²) in [5.41, 5.74) is 5.70. The van der Waals surface area contributed by atoms with Gasteiger partial charge in [-0.3, -0.25) is 24.0 Å². The number of alkyl halides is 3. The topological polar surface area (TPSA) is 180 Å². The van der Waals surface area contributed by atoms with Gasteiger partial charge in [0.2, 0.25) is 29.5 Å². The molecule has 5 atom stereocenters. The number of aliphatic hydroxyl groups excluding tert-OH is 1. The molecule has 11 nitrogen and oxygen atoms in total. The Kier molecular flexibility index (Phi) is 18.7. The Labute approximate surface area is 275 Å². The number of carbonyl (C=O) groups excluding carboxylic acids is 5. The molecule has 0 aromatic heterocycles. The average molecular weight is 672 g/mol. The zero-order valence-corrected chi connectivity index (χ0v) is 27.8. The van der Waals surface area contributed by atoms with Gasteiger partial charge in [-0.15, -0.1) is 0 Å². The first-order valence-corrected chi connectivity index (χ1v) is 16.3. The Balaban J connectivity index is 2.97. The highest BCUT2D eigenvalue weighted by Gasteiger charge is 2.44. The minimum absolute atomic E-state index is 0.0115. The predicted octanol–water partition coefficient (Wildman–Crippen LogP) is 3.17. The van der Waals surface area contributed by atoms with E-state index in [0.29, 0.717) is 12.0 Å². The summed E-state index contributed by atoms with van der Waals surface area (Å²) in [6.07, 6.45) is -1.68. The van der Waals surface area contributed by atoms with Crippen LogP contribution in [0.4, 0.5) is 13.2 Å². The van der Waals surface area contributed by atoms with E-state index in [4.69, 9.17) is 5.73 Å². The Morgan fingerprint density at radius 2 is 1.38 bits per heavy atom. The van der Waals surface area contributed by atoms with Crippen LogP contribution < -0.4 is 27.0 Å². The summed E-state index contributed by atoms with van der Waals surface area (Å²) in [7, 11) is 0. The zero-order valence-electron chi connectivity index (χ0n) is 27.8. The van der Waals surface area contributed by atoms with Gasteiger partial charge in [0.1, 0.15) is 18.1 Å². The van der Waals surface area contributed by atoms with Gasteiger partial charge in [-0.2, -0.15) is 13.2 Å². The summed E-state index contributed by atoms with van der Waals surface area (Å²) in [6, 6.07) is 3.25. The van der Waals surface area contributed by atoms with Crippen LogP contribution in [0, 0.1) is 5.92 Å². The van der Waals surface area contributed by atoms with E-state index < -0.39 is 72.9 Å². The Bertz CT molecular complexity index is 1140. The van der Waals surface area contributed by atoms with Gasteiger partial charge < -0.3 is 32.1 Å². The standard InChI is InChI=1S/C33H52F3N5O6/c1-5-6-7-8-9-10-14-17-27(43)41-28(21(2)3)32(47)40-25(20-23-15-12-11-13-16-23)31(46)38-22(4)30(45)39-24(18-19-26(37)42)29(44)33(34,35)36/h11-13,15-16,21-22,24-25,28-29,44H,5-10,14,17-20H2,1-4H3,(H2,37,42)(H,38,46)(H,39,45)(H,40,47)(H,41,43)/t22-,24+,25+,28+,29?/m1/s1. The molecule has 0 saturated heterocycles. The molecule has 0 fully saturated rings. The van der Waals surface area contributed by atoms with E-state index in [9.17, 15) is 42.3 Å². The van der Waals surface area contributed by atoms with E-state index in [1.165, 1.54) is 13.3 Å². The molecule has 1 aromatic carbocycles. The Morgan fingerprint density at radius 1 is 0.787 bits per heavy atom. The van der Waals surface area contributed by atoms with E-state index in [1.54, 1.807) is 44.2 Å². The molecule has 0 aliphatic heterocycles. The number of nitrogens with one attached hydrogen (secondary N) is 4. The van der Waals surface area contributed by atoms with E-state index in [2.05, 4.69) is 22.9 Å². The van der Waals surface area contributed by atoms with Crippen molar-refractivity contribution in [2.24, 2.45) is 11.7 Å². The SMILES string of the molecule is CCCCCCCCCC(=O)N[C@H](C(=O)N[C@@H](Cc1ccccc1)C(=O)N[C@H](C)C(=O)N[C@@H](CCC(N)=O)C(O)C(F)(F)F)C(C)C. The highest BCUT2D eigenvalue weighted by atomic mass is 19.4.